The van der Waals surface area contributed by atoms with Crippen molar-refractivity contribution in [2.24, 2.45) is 0 Å². The van der Waals surface area contributed by atoms with Crippen LogP contribution in [-0.2, 0) is 6.42 Å². The lowest BCUT2D eigenvalue weighted by Crippen LogP contribution is -2.02. The fourth-order valence-corrected chi connectivity index (χ4v) is 1.96. The van der Waals surface area contributed by atoms with Crippen LogP contribution in [0, 0.1) is 5.82 Å². The van der Waals surface area contributed by atoms with Crippen LogP contribution in [0.1, 0.15) is 12.6 Å². The Hall–Kier alpha value is -1.49. The summed E-state index contributed by atoms with van der Waals surface area (Å²) in [5.74, 6) is 0.504. The van der Waals surface area contributed by atoms with E-state index in [9.17, 15) is 4.39 Å². The third-order valence-electron chi connectivity index (χ3n) is 2.36. The van der Waals surface area contributed by atoms with Gasteiger partial charge >= 0.3 is 0 Å². The summed E-state index contributed by atoms with van der Waals surface area (Å²) in [5.41, 5.74) is 7.22. The van der Waals surface area contributed by atoms with Crippen molar-refractivity contribution < 1.29 is 4.39 Å². The fourth-order valence-electron chi connectivity index (χ4n) is 1.50. The summed E-state index contributed by atoms with van der Waals surface area (Å²) in [6.07, 6.45) is 0.732. The van der Waals surface area contributed by atoms with E-state index in [1.54, 1.807) is 12.1 Å². The van der Waals surface area contributed by atoms with E-state index in [1.165, 1.54) is 12.1 Å². The van der Waals surface area contributed by atoms with E-state index in [0.29, 0.717) is 21.7 Å². The largest absolute Gasteiger partial charge is 0.383 e. The van der Waals surface area contributed by atoms with Gasteiger partial charge in [0.15, 0.2) is 5.82 Å². The molecular formula is C12H11BrFN3. The van der Waals surface area contributed by atoms with Crippen LogP contribution in [0.5, 0.6) is 0 Å². The van der Waals surface area contributed by atoms with Crippen LogP contribution in [0.15, 0.2) is 28.7 Å². The maximum Gasteiger partial charge on any atom is 0.161 e. The van der Waals surface area contributed by atoms with Crippen LogP contribution >= 0.6 is 15.9 Å². The van der Waals surface area contributed by atoms with Crippen molar-refractivity contribution >= 4 is 21.7 Å². The summed E-state index contributed by atoms with van der Waals surface area (Å²) in [4.78, 5) is 8.50. The molecule has 1 aromatic heterocycles. The molecule has 2 N–H and O–H groups in total. The lowest BCUT2D eigenvalue weighted by Gasteiger charge is -2.07. The van der Waals surface area contributed by atoms with Crippen molar-refractivity contribution in [1.29, 1.82) is 0 Å². The van der Waals surface area contributed by atoms with Crippen molar-refractivity contribution in [1.82, 2.24) is 9.97 Å². The third kappa shape index (κ3) is 2.44. The second kappa shape index (κ2) is 4.79. The molecule has 1 heterocycles. The van der Waals surface area contributed by atoms with Crippen LogP contribution in [0.3, 0.4) is 0 Å². The molecule has 0 fully saturated rings. The van der Waals surface area contributed by atoms with Gasteiger partial charge in [0.05, 0.1) is 10.2 Å². The van der Waals surface area contributed by atoms with Gasteiger partial charge in [-0.15, -0.1) is 0 Å². The number of halogens is 2. The third-order valence-corrected chi connectivity index (χ3v) is 3.23. The number of hydrogen-bond acceptors (Lipinski definition) is 3. The lowest BCUT2D eigenvalue weighted by atomic mass is 10.2. The Kier molecular flexibility index (Phi) is 3.38. The minimum absolute atomic E-state index is 0.314. The molecule has 2 aromatic rings. The van der Waals surface area contributed by atoms with Gasteiger partial charge < -0.3 is 5.73 Å². The summed E-state index contributed by atoms with van der Waals surface area (Å²) < 4.78 is 13.8. The van der Waals surface area contributed by atoms with Gasteiger partial charge in [0.2, 0.25) is 0 Å². The number of aromatic nitrogens is 2. The maximum atomic E-state index is 13.1. The van der Waals surface area contributed by atoms with E-state index in [-0.39, 0.29) is 5.82 Å². The highest BCUT2D eigenvalue weighted by atomic mass is 79.9. The van der Waals surface area contributed by atoms with Crippen molar-refractivity contribution in [2.75, 3.05) is 5.73 Å². The van der Waals surface area contributed by atoms with E-state index in [1.807, 2.05) is 6.92 Å². The summed E-state index contributed by atoms with van der Waals surface area (Å²) in [6, 6.07) is 6.15. The van der Waals surface area contributed by atoms with Gasteiger partial charge in [-0.3, -0.25) is 0 Å². The first-order valence-corrected chi connectivity index (χ1v) is 5.99. The topological polar surface area (TPSA) is 51.8 Å². The Morgan fingerprint density at radius 2 is 2.12 bits per heavy atom. The zero-order chi connectivity index (χ0) is 12.4. The molecule has 1 aromatic carbocycles. The Morgan fingerprint density at radius 1 is 1.35 bits per heavy atom. The first kappa shape index (κ1) is 12.0. The molecule has 0 aliphatic rings. The first-order chi connectivity index (χ1) is 8.11. The van der Waals surface area contributed by atoms with E-state index in [2.05, 4.69) is 25.9 Å². The maximum absolute atomic E-state index is 13.1. The number of hydrogen-bond donors (Lipinski definition) is 1. The van der Waals surface area contributed by atoms with Crippen LogP contribution in [0.4, 0.5) is 10.2 Å². The second-order valence-electron chi connectivity index (χ2n) is 3.56. The Labute approximate surface area is 107 Å². The standard InChI is InChI=1S/C12H11BrFN3/c1-2-9-10(13)11(15)17-12(16-9)7-4-3-5-8(14)6-7/h3-6H,2H2,1H3,(H2,15,16,17). The molecule has 0 aliphatic heterocycles. The van der Waals surface area contributed by atoms with Crippen LogP contribution in [0.25, 0.3) is 11.4 Å². The average Bonchev–Trinajstić information content (AvgIpc) is 2.32. The Morgan fingerprint density at radius 3 is 2.76 bits per heavy atom. The van der Waals surface area contributed by atoms with E-state index < -0.39 is 0 Å². The van der Waals surface area contributed by atoms with E-state index in [4.69, 9.17) is 5.73 Å². The zero-order valence-corrected chi connectivity index (χ0v) is 10.8. The molecule has 0 radical (unpaired) electrons. The van der Waals surface area contributed by atoms with Crippen molar-refractivity contribution in [2.45, 2.75) is 13.3 Å². The molecule has 0 aliphatic carbocycles. The second-order valence-corrected chi connectivity index (χ2v) is 4.35. The molecule has 0 saturated carbocycles. The monoisotopic (exact) mass is 295 g/mol. The highest BCUT2D eigenvalue weighted by Crippen LogP contribution is 2.25. The molecule has 2 rings (SSSR count). The van der Waals surface area contributed by atoms with Gasteiger partial charge in [-0.2, -0.15) is 0 Å². The molecule has 0 saturated heterocycles. The molecule has 0 amide bonds. The Bertz CT molecular complexity index is 557. The van der Waals surface area contributed by atoms with Gasteiger partial charge in [0.25, 0.3) is 0 Å². The fraction of sp³-hybridized carbons (Fsp3) is 0.167. The SMILES string of the molecule is CCc1nc(-c2cccc(F)c2)nc(N)c1Br. The van der Waals surface area contributed by atoms with Crippen LogP contribution < -0.4 is 5.73 Å². The highest BCUT2D eigenvalue weighted by Gasteiger charge is 2.10. The molecular weight excluding hydrogens is 285 g/mol. The van der Waals surface area contributed by atoms with Crippen molar-refractivity contribution in [3.05, 3.63) is 40.2 Å². The molecule has 0 unspecified atom stereocenters. The first-order valence-electron chi connectivity index (χ1n) is 5.19. The summed E-state index contributed by atoms with van der Waals surface area (Å²) >= 11 is 3.34. The summed E-state index contributed by atoms with van der Waals surface area (Å²) in [6.45, 7) is 1.97. The van der Waals surface area contributed by atoms with Crippen LogP contribution in [-0.4, -0.2) is 9.97 Å². The molecule has 5 heteroatoms. The van der Waals surface area contributed by atoms with Gasteiger partial charge in [0.1, 0.15) is 11.6 Å². The van der Waals surface area contributed by atoms with E-state index in [0.717, 1.165) is 12.1 Å². The number of rotatable bonds is 2. The average molecular weight is 296 g/mol. The molecule has 17 heavy (non-hydrogen) atoms. The number of aryl methyl sites for hydroxylation is 1. The smallest absolute Gasteiger partial charge is 0.161 e. The van der Waals surface area contributed by atoms with E-state index >= 15 is 0 Å². The van der Waals surface area contributed by atoms with Gasteiger partial charge in [0, 0.05) is 5.56 Å². The quantitative estimate of drug-likeness (QED) is 0.926. The summed E-state index contributed by atoms with van der Waals surface area (Å²) in [5, 5.41) is 0. The lowest BCUT2D eigenvalue weighted by molar-refractivity contribution is 0.628. The number of benzene rings is 1. The predicted molar refractivity (Wildman–Crippen MR) is 68.9 cm³/mol. The Balaban J connectivity index is 2.56. The van der Waals surface area contributed by atoms with Crippen molar-refractivity contribution in [3.8, 4) is 11.4 Å². The highest BCUT2D eigenvalue weighted by molar-refractivity contribution is 9.10. The number of nitrogen functional groups attached to an aromatic ring is 1. The van der Waals surface area contributed by atoms with Gasteiger partial charge in [-0.05, 0) is 34.5 Å². The molecule has 0 spiro atoms. The number of nitrogens with two attached hydrogens (primary N) is 1. The number of anilines is 1. The number of nitrogens with zero attached hydrogens (tertiary/aromatic N) is 2. The van der Waals surface area contributed by atoms with Crippen molar-refractivity contribution in [3.63, 3.8) is 0 Å². The molecule has 88 valence electrons. The normalized spacial score (nSPS) is 10.5. The predicted octanol–water partition coefficient (Wildman–Crippen LogP) is 3.19. The minimum atomic E-state index is -0.314. The molecule has 3 nitrogen and oxygen atoms in total. The van der Waals surface area contributed by atoms with Gasteiger partial charge in [-0.25, -0.2) is 14.4 Å². The van der Waals surface area contributed by atoms with Gasteiger partial charge in [-0.1, -0.05) is 19.1 Å². The zero-order valence-electron chi connectivity index (χ0n) is 9.24. The molecule has 0 atom stereocenters. The summed E-state index contributed by atoms with van der Waals surface area (Å²) in [7, 11) is 0. The minimum Gasteiger partial charge on any atom is -0.383 e. The van der Waals surface area contributed by atoms with Crippen LogP contribution in [0.2, 0.25) is 0 Å². The molecule has 0 bridgehead atoms.